The molecular formula is C25H26BrCl2N3O2. The van der Waals surface area contributed by atoms with Gasteiger partial charge >= 0.3 is 0 Å². The molecule has 0 bridgehead atoms. The smallest absolute Gasteiger partial charge is 0.202 e. The summed E-state index contributed by atoms with van der Waals surface area (Å²) in [6.45, 7) is 2.56. The molecule has 4 aromatic rings. The maximum absolute atomic E-state index is 8.75. The monoisotopic (exact) mass is 549 g/mol. The van der Waals surface area contributed by atoms with E-state index in [9.17, 15) is 0 Å². The Morgan fingerprint density at radius 3 is 1.91 bits per heavy atom. The Balaban J connectivity index is 0.00000306. The van der Waals surface area contributed by atoms with Crippen molar-refractivity contribution in [2.45, 2.75) is 25.9 Å². The third kappa shape index (κ3) is 6.34. The van der Waals surface area contributed by atoms with Crippen molar-refractivity contribution in [3.05, 3.63) is 87.9 Å². The van der Waals surface area contributed by atoms with E-state index in [2.05, 4.69) is 32.6 Å². The molecule has 33 heavy (non-hydrogen) atoms. The van der Waals surface area contributed by atoms with E-state index in [0.29, 0.717) is 36.1 Å². The molecule has 0 amide bonds. The number of para-hydroxylation sites is 3. The molecule has 174 valence electrons. The fourth-order valence-corrected chi connectivity index (χ4v) is 4.11. The Kier molecular flexibility index (Phi) is 9.30. The molecule has 0 aliphatic rings. The first-order valence-electron chi connectivity index (χ1n) is 10.6. The van der Waals surface area contributed by atoms with Crippen molar-refractivity contribution in [2.24, 2.45) is 0 Å². The van der Waals surface area contributed by atoms with Crippen molar-refractivity contribution in [3.63, 3.8) is 0 Å². The van der Waals surface area contributed by atoms with Crippen LogP contribution in [0.2, 0.25) is 5.02 Å². The van der Waals surface area contributed by atoms with Crippen LogP contribution in [0.3, 0.4) is 0 Å². The zero-order valence-electron chi connectivity index (χ0n) is 18.0. The molecule has 0 unspecified atom stereocenters. The molecule has 0 saturated heterocycles. The van der Waals surface area contributed by atoms with Crippen molar-refractivity contribution in [1.82, 2.24) is 9.13 Å². The number of aromatic nitrogens is 2. The standard InChI is InChI=1S/C25H25BrClN3O2.ClH/c26-19-11-13-20(14-12-19)31-17-5-15-29-22-8-2-3-9-23(22)30(25(29)28)16-6-18-32-24-10-4-1-7-21(24)27;/h1-4,7-14,28H,5-6,15-18H2;1H. The lowest BCUT2D eigenvalue weighted by Gasteiger charge is -2.09. The summed E-state index contributed by atoms with van der Waals surface area (Å²) in [5, 5.41) is 9.36. The van der Waals surface area contributed by atoms with Crippen molar-refractivity contribution >= 4 is 51.0 Å². The predicted octanol–water partition coefficient (Wildman–Crippen LogP) is 6.70. The molecule has 1 N–H and O–H groups in total. The van der Waals surface area contributed by atoms with Crippen LogP contribution in [0.4, 0.5) is 0 Å². The van der Waals surface area contributed by atoms with Gasteiger partial charge in [0, 0.05) is 17.6 Å². The lowest BCUT2D eigenvalue weighted by molar-refractivity contribution is 0.297. The van der Waals surface area contributed by atoms with Crippen LogP contribution in [0, 0.1) is 5.41 Å². The van der Waals surface area contributed by atoms with Crippen molar-refractivity contribution in [1.29, 1.82) is 5.41 Å². The first-order chi connectivity index (χ1) is 15.6. The number of benzene rings is 3. The van der Waals surface area contributed by atoms with Crippen LogP contribution in [0.1, 0.15) is 12.8 Å². The molecule has 0 atom stereocenters. The van der Waals surface area contributed by atoms with Gasteiger partial charge in [-0.2, -0.15) is 0 Å². The van der Waals surface area contributed by atoms with Gasteiger partial charge in [0.2, 0.25) is 5.62 Å². The first-order valence-corrected chi connectivity index (χ1v) is 11.8. The Morgan fingerprint density at radius 1 is 0.758 bits per heavy atom. The molecule has 5 nitrogen and oxygen atoms in total. The highest BCUT2D eigenvalue weighted by Gasteiger charge is 2.10. The van der Waals surface area contributed by atoms with Crippen LogP contribution < -0.4 is 15.1 Å². The molecule has 0 saturated carbocycles. The number of nitrogens with one attached hydrogen (secondary N) is 1. The summed E-state index contributed by atoms with van der Waals surface area (Å²) >= 11 is 9.59. The maximum Gasteiger partial charge on any atom is 0.202 e. The third-order valence-corrected chi connectivity index (χ3v) is 6.04. The quantitative estimate of drug-likeness (QED) is 0.223. The molecule has 4 rings (SSSR count). The van der Waals surface area contributed by atoms with E-state index in [1.165, 1.54) is 0 Å². The minimum absolute atomic E-state index is 0. The molecule has 1 heterocycles. The van der Waals surface area contributed by atoms with Crippen molar-refractivity contribution in [2.75, 3.05) is 13.2 Å². The summed E-state index contributed by atoms with van der Waals surface area (Å²) in [6, 6.07) is 23.5. The number of fused-ring (bicyclic) bond motifs is 1. The van der Waals surface area contributed by atoms with E-state index in [1.54, 1.807) is 0 Å². The topological polar surface area (TPSA) is 52.2 Å². The minimum Gasteiger partial charge on any atom is -0.494 e. The molecule has 3 aromatic carbocycles. The van der Waals surface area contributed by atoms with Gasteiger partial charge in [-0.3, -0.25) is 5.41 Å². The highest BCUT2D eigenvalue weighted by Crippen LogP contribution is 2.23. The fraction of sp³-hybridized carbons (Fsp3) is 0.240. The zero-order chi connectivity index (χ0) is 22.3. The summed E-state index contributed by atoms with van der Waals surface area (Å²) in [5.74, 6) is 1.55. The average Bonchev–Trinajstić information content (AvgIpc) is 3.07. The normalized spacial score (nSPS) is 10.7. The van der Waals surface area contributed by atoms with Crippen molar-refractivity contribution in [3.8, 4) is 11.5 Å². The molecule has 0 spiro atoms. The average molecular weight is 551 g/mol. The first kappa shape index (κ1) is 25.2. The summed E-state index contributed by atoms with van der Waals surface area (Å²) in [4.78, 5) is 0. The highest BCUT2D eigenvalue weighted by molar-refractivity contribution is 9.10. The van der Waals surface area contributed by atoms with E-state index in [1.807, 2.05) is 65.2 Å². The van der Waals surface area contributed by atoms with E-state index in [4.69, 9.17) is 26.5 Å². The molecule has 8 heteroatoms. The number of hydrogen-bond acceptors (Lipinski definition) is 3. The Bertz CT molecular complexity index is 1240. The van der Waals surface area contributed by atoms with Gasteiger partial charge in [0.25, 0.3) is 0 Å². The number of imidazole rings is 1. The van der Waals surface area contributed by atoms with E-state index in [-0.39, 0.29) is 12.4 Å². The van der Waals surface area contributed by atoms with Crippen LogP contribution >= 0.6 is 39.9 Å². The van der Waals surface area contributed by atoms with Gasteiger partial charge in [0.15, 0.2) is 0 Å². The van der Waals surface area contributed by atoms with Crippen LogP contribution in [0.5, 0.6) is 11.5 Å². The summed E-state index contributed by atoms with van der Waals surface area (Å²) in [6.07, 6.45) is 1.60. The van der Waals surface area contributed by atoms with Gasteiger partial charge in [0.1, 0.15) is 11.5 Å². The highest BCUT2D eigenvalue weighted by atomic mass is 79.9. The van der Waals surface area contributed by atoms with Crippen molar-refractivity contribution < 1.29 is 9.47 Å². The summed E-state index contributed by atoms with van der Waals surface area (Å²) in [7, 11) is 0. The number of ether oxygens (including phenoxy) is 2. The van der Waals surface area contributed by atoms with Gasteiger partial charge in [-0.25, -0.2) is 0 Å². The number of aryl methyl sites for hydroxylation is 2. The molecule has 0 fully saturated rings. The Morgan fingerprint density at radius 2 is 1.30 bits per heavy atom. The third-order valence-electron chi connectivity index (χ3n) is 5.20. The van der Waals surface area contributed by atoms with Crippen LogP contribution in [0.15, 0.2) is 77.3 Å². The second-order valence-electron chi connectivity index (χ2n) is 7.40. The van der Waals surface area contributed by atoms with Gasteiger partial charge in [-0.05, 0) is 61.4 Å². The lowest BCUT2D eigenvalue weighted by atomic mass is 10.3. The van der Waals surface area contributed by atoms with E-state index >= 15 is 0 Å². The Labute approximate surface area is 213 Å². The molecular weight excluding hydrogens is 525 g/mol. The summed E-state index contributed by atoms with van der Waals surface area (Å²) in [5.41, 5.74) is 2.62. The largest absolute Gasteiger partial charge is 0.494 e. The van der Waals surface area contributed by atoms with Gasteiger partial charge in [-0.1, -0.05) is 51.8 Å². The molecule has 0 aliphatic carbocycles. The number of rotatable bonds is 10. The lowest BCUT2D eigenvalue weighted by Crippen LogP contribution is -2.26. The fourth-order valence-electron chi connectivity index (χ4n) is 3.66. The molecule has 1 aromatic heterocycles. The molecule has 0 radical (unpaired) electrons. The zero-order valence-corrected chi connectivity index (χ0v) is 21.2. The predicted molar refractivity (Wildman–Crippen MR) is 139 cm³/mol. The molecule has 0 aliphatic heterocycles. The second-order valence-corrected chi connectivity index (χ2v) is 8.73. The van der Waals surface area contributed by atoms with Gasteiger partial charge < -0.3 is 18.6 Å². The minimum atomic E-state index is 0. The van der Waals surface area contributed by atoms with Crippen LogP contribution in [-0.4, -0.2) is 22.3 Å². The Hall–Kier alpha value is -2.41. The van der Waals surface area contributed by atoms with Crippen LogP contribution in [0.25, 0.3) is 11.0 Å². The number of hydrogen-bond donors (Lipinski definition) is 1. The van der Waals surface area contributed by atoms with Gasteiger partial charge in [-0.15, -0.1) is 12.4 Å². The second kappa shape index (κ2) is 12.2. The van der Waals surface area contributed by atoms with Gasteiger partial charge in [0.05, 0.1) is 29.3 Å². The number of halogens is 3. The van der Waals surface area contributed by atoms with Crippen LogP contribution in [-0.2, 0) is 13.1 Å². The maximum atomic E-state index is 8.75. The van der Waals surface area contributed by atoms with E-state index < -0.39 is 0 Å². The number of nitrogens with zero attached hydrogens (tertiary/aromatic N) is 2. The SMILES string of the molecule is Cl.N=c1n(CCCOc2ccc(Br)cc2)c2ccccc2n1CCCOc1ccccc1Cl. The summed E-state index contributed by atoms with van der Waals surface area (Å²) < 4.78 is 16.8. The van der Waals surface area contributed by atoms with E-state index in [0.717, 1.165) is 40.6 Å².